The molecule has 1 aromatic rings. The highest BCUT2D eigenvalue weighted by atomic mass is 19.1. The minimum atomic E-state index is -0.712. The van der Waals surface area contributed by atoms with Crippen molar-refractivity contribution >= 4 is 17.8 Å². The van der Waals surface area contributed by atoms with E-state index >= 15 is 0 Å². The first-order chi connectivity index (χ1) is 14.4. The lowest BCUT2D eigenvalue weighted by atomic mass is 9.96. The van der Waals surface area contributed by atoms with E-state index in [1.807, 2.05) is 0 Å². The van der Waals surface area contributed by atoms with Gasteiger partial charge in [0.25, 0.3) is 0 Å². The normalized spacial score (nSPS) is 18.6. The smallest absolute Gasteiger partial charge is 0.317 e. The Hall–Kier alpha value is -2.64. The van der Waals surface area contributed by atoms with Gasteiger partial charge in [-0.3, -0.25) is 9.59 Å². The monoisotopic (exact) mass is 418 g/mol. The lowest BCUT2D eigenvalue weighted by molar-refractivity contribution is -0.137. The van der Waals surface area contributed by atoms with Crippen LogP contribution in [0.2, 0.25) is 0 Å². The van der Waals surface area contributed by atoms with Crippen molar-refractivity contribution in [1.29, 1.82) is 0 Å². The van der Waals surface area contributed by atoms with Crippen LogP contribution in [0.1, 0.15) is 44.6 Å². The molecule has 8 heteroatoms. The number of nitrogens with one attached hydrogen (secondary N) is 2. The largest absolute Gasteiger partial charge is 0.344 e. The summed E-state index contributed by atoms with van der Waals surface area (Å²) in [6.45, 7) is 3.16. The van der Waals surface area contributed by atoms with Gasteiger partial charge in [0.1, 0.15) is 11.9 Å². The van der Waals surface area contributed by atoms with Gasteiger partial charge in [0.05, 0.1) is 0 Å². The fourth-order valence-corrected chi connectivity index (χ4v) is 4.16. The van der Waals surface area contributed by atoms with Crippen LogP contribution in [0.3, 0.4) is 0 Å². The summed E-state index contributed by atoms with van der Waals surface area (Å²) in [7, 11) is 0. The van der Waals surface area contributed by atoms with Crippen molar-refractivity contribution in [3.05, 3.63) is 35.6 Å². The maximum absolute atomic E-state index is 13.2. The van der Waals surface area contributed by atoms with Crippen molar-refractivity contribution in [2.45, 2.75) is 57.5 Å². The van der Waals surface area contributed by atoms with Crippen LogP contribution in [0, 0.1) is 5.82 Å². The fraction of sp³-hybridized carbons (Fsp3) is 0.591. The summed E-state index contributed by atoms with van der Waals surface area (Å²) in [5, 5.41) is 5.83. The second-order valence-electron chi connectivity index (χ2n) is 8.18. The molecule has 1 aliphatic heterocycles. The van der Waals surface area contributed by atoms with Crippen LogP contribution in [0.4, 0.5) is 9.18 Å². The number of urea groups is 1. The quantitative estimate of drug-likeness (QED) is 0.768. The predicted molar refractivity (Wildman–Crippen MR) is 111 cm³/mol. The number of hydrogen-bond donors (Lipinski definition) is 2. The molecule has 4 amide bonds. The minimum absolute atomic E-state index is 0.0567. The van der Waals surface area contributed by atoms with Crippen molar-refractivity contribution in [3.63, 3.8) is 0 Å². The van der Waals surface area contributed by atoms with E-state index in [4.69, 9.17) is 0 Å². The van der Waals surface area contributed by atoms with Crippen LogP contribution < -0.4 is 10.6 Å². The number of benzene rings is 1. The second kappa shape index (κ2) is 10.4. The summed E-state index contributed by atoms with van der Waals surface area (Å²) in [4.78, 5) is 40.6. The van der Waals surface area contributed by atoms with Gasteiger partial charge in [0.2, 0.25) is 11.8 Å². The van der Waals surface area contributed by atoms with Crippen molar-refractivity contribution in [1.82, 2.24) is 20.4 Å². The van der Waals surface area contributed by atoms with Gasteiger partial charge >= 0.3 is 6.03 Å². The number of nitrogens with zero attached hydrogens (tertiary/aromatic N) is 2. The van der Waals surface area contributed by atoms with Crippen molar-refractivity contribution in [3.8, 4) is 0 Å². The molecule has 3 rings (SSSR count). The topological polar surface area (TPSA) is 81.8 Å². The van der Waals surface area contributed by atoms with Gasteiger partial charge in [0.15, 0.2) is 0 Å². The first kappa shape index (κ1) is 22.1. The van der Waals surface area contributed by atoms with Gasteiger partial charge in [-0.1, -0.05) is 31.4 Å². The Bertz CT molecular complexity index is 741. The van der Waals surface area contributed by atoms with Gasteiger partial charge < -0.3 is 20.4 Å². The first-order valence-electron chi connectivity index (χ1n) is 10.8. The highest BCUT2D eigenvalue weighted by Crippen LogP contribution is 2.18. The molecule has 2 aliphatic rings. The van der Waals surface area contributed by atoms with Crippen LogP contribution in [0.25, 0.3) is 0 Å². The molecule has 2 N–H and O–H groups in total. The molecule has 1 heterocycles. The molecule has 7 nitrogen and oxygen atoms in total. The van der Waals surface area contributed by atoms with Crippen LogP contribution in [-0.2, 0) is 16.0 Å². The molecule has 164 valence electrons. The van der Waals surface area contributed by atoms with E-state index in [0.29, 0.717) is 32.6 Å². The number of rotatable bonds is 5. The fourth-order valence-electron chi connectivity index (χ4n) is 4.16. The third-order valence-corrected chi connectivity index (χ3v) is 5.84. The molecule has 0 radical (unpaired) electrons. The summed E-state index contributed by atoms with van der Waals surface area (Å²) >= 11 is 0. The Kier molecular flexibility index (Phi) is 7.65. The first-order valence-corrected chi connectivity index (χ1v) is 10.8. The zero-order chi connectivity index (χ0) is 21.5. The number of hydrogen-bond acceptors (Lipinski definition) is 3. The zero-order valence-electron chi connectivity index (χ0n) is 17.5. The van der Waals surface area contributed by atoms with E-state index in [0.717, 1.165) is 31.2 Å². The van der Waals surface area contributed by atoms with Crippen molar-refractivity contribution in [2.24, 2.45) is 0 Å². The Labute approximate surface area is 177 Å². The molecule has 1 saturated heterocycles. The summed E-state index contributed by atoms with van der Waals surface area (Å²) in [6, 6.07) is 5.40. The van der Waals surface area contributed by atoms with Gasteiger partial charge in [0, 0.05) is 45.6 Å². The SMILES string of the molecule is CC(=O)NC(Cc1ccc(F)cc1)C(=O)N1CCN(C(=O)NC2CCCCC2)CC1. The maximum Gasteiger partial charge on any atom is 0.317 e. The lowest BCUT2D eigenvalue weighted by Crippen LogP contribution is -2.58. The molecule has 0 bridgehead atoms. The molecule has 0 spiro atoms. The van der Waals surface area contributed by atoms with Gasteiger partial charge in [-0.15, -0.1) is 0 Å². The van der Waals surface area contributed by atoms with Gasteiger partial charge in [-0.05, 0) is 30.5 Å². The van der Waals surface area contributed by atoms with E-state index in [1.165, 1.54) is 25.5 Å². The Morgan fingerprint density at radius 1 is 1.00 bits per heavy atom. The zero-order valence-corrected chi connectivity index (χ0v) is 17.5. The molecule has 1 atom stereocenters. The Morgan fingerprint density at radius 2 is 1.60 bits per heavy atom. The molecule has 1 unspecified atom stereocenters. The molecular weight excluding hydrogens is 387 g/mol. The standard InChI is InChI=1S/C22H31FN4O3/c1-16(28)24-20(15-17-7-9-18(23)10-8-17)21(29)26-11-13-27(14-12-26)22(30)25-19-5-3-2-4-6-19/h7-10,19-20H,2-6,11-15H2,1H3,(H,24,28)(H,25,30). The van der Waals surface area contributed by atoms with E-state index in [1.54, 1.807) is 21.9 Å². The van der Waals surface area contributed by atoms with E-state index < -0.39 is 6.04 Å². The molecule has 0 aromatic heterocycles. The Balaban J connectivity index is 1.53. The maximum atomic E-state index is 13.2. The van der Waals surface area contributed by atoms with Crippen LogP contribution in [0.15, 0.2) is 24.3 Å². The second-order valence-corrected chi connectivity index (χ2v) is 8.18. The van der Waals surface area contributed by atoms with E-state index in [2.05, 4.69) is 10.6 Å². The average Bonchev–Trinajstić information content (AvgIpc) is 2.75. The number of carbonyl (C=O) groups is 3. The van der Waals surface area contributed by atoms with Crippen LogP contribution in [-0.4, -0.2) is 65.9 Å². The molecule has 2 fully saturated rings. The molecule has 1 saturated carbocycles. The molecular formula is C22H31FN4O3. The van der Waals surface area contributed by atoms with E-state index in [-0.39, 0.29) is 29.7 Å². The molecule has 30 heavy (non-hydrogen) atoms. The Morgan fingerprint density at radius 3 is 2.20 bits per heavy atom. The number of halogens is 1. The minimum Gasteiger partial charge on any atom is -0.344 e. The third kappa shape index (κ3) is 6.18. The van der Waals surface area contributed by atoms with Gasteiger partial charge in [-0.2, -0.15) is 0 Å². The molecule has 1 aliphatic carbocycles. The third-order valence-electron chi connectivity index (χ3n) is 5.84. The van der Waals surface area contributed by atoms with Crippen LogP contribution in [0.5, 0.6) is 0 Å². The highest BCUT2D eigenvalue weighted by Gasteiger charge is 2.30. The highest BCUT2D eigenvalue weighted by molar-refractivity contribution is 5.87. The summed E-state index contributed by atoms with van der Waals surface area (Å²) in [5.74, 6) is -0.813. The predicted octanol–water partition coefficient (Wildman–Crippen LogP) is 2.06. The van der Waals surface area contributed by atoms with Crippen molar-refractivity contribution in [2.75, 3.05) is 26.2 Å². The number of piperazine rings is 1. The summed E-state index contributed by atoms with van der Waals surface area (Å²) in [6.07, 6.45) is 5.91. The van der Waals surface area contributed by atoms with E-state index in [9.17, 15) is 18.8 Å². The van der Waals surface area contributed by atoms with Crippen molar-refractivity contribution < 1.29 is 18.8 Å². The number of amides is 4. The lowest BCUT2D eigenvalue weighted by Gasteiger charge is -2.37. The summed E-state index contributed by atoms with van der Waals surface area (Å²) < 4.78 is 13.2. The average molecular weight is 419 g/mol. The molecule has 1 aromatic carbocycles. The van der Waals surface area contributed by atoms with Gasteiger partial charge in [-0.25, -0.2) is 9.18 Å². The van der Waals surface area contributed by atoms with Crippen LogP contribution >= 0.6 is 0 Å². The number of carbonyl (C=O) groups excluding carboxylic acids is 3. The summed E-state index contributed by atoms with van der Waals surface area (Å²) in [5.41, 5.74) is 0.772.